The number of amides is 1. The predicted octanol–water partition coefficient (Wildman–Crippen LogP) is 2.46. The van der Waals surface area contributed by atoms with Gasteiger partial charge < -0.3 is 10.2 Å². The highest BCUT2D eigenvalue weighted by atomic mass is 35.5. The molecule has 1 aliphatic heterocycles. The van der Waals surface area contributed by atoms with Gasteiger partial charge in [-0.25, -0.2) is 4.39 Å². The molecule has 3 rings (SSSR count). The number of anilines is 1. The van der Waals surface area contributed by atoms with Gasteiger partial charge in [0.15, 0.2) is 0 Å². The molecule has 0 saturated carbocycles. The van der Waals surface area contributed by atoms with E-state index in [0.717, 1.165) is 18.7 Å². The van der Waals surface area contributed by atoms with Crippen molar-refractivity contribution in [1.29, 1.82) is 0 Å². The Kier molecular flexibility index (Phi) is 4.81. The van der Waals surface area contributed by atoms with E-state index in [4.69, 9.17) is 11.6 Å². The average molecular weight is 337 g/mol. The summed E-state index contributed by atoms with van der Waals surface area (Å²) in [5, 5.41) is 7.23. The van der Waals surface area contributed by atoms with Gasteiger partial charge in [-0.05, 0) is 30.7 Å². The minimum atomic E-state index is -0.418. The lowest BCUT2D eigenvalue weighted by atomic mass is 10.2. The van der Waals surface area contributed by atoms with Crippen LogP contribution in [0.4, 0.5) is 10.1 Å². The van der Waals surface area contributed by atoms with E-state index in [1.165, 1.54) is 6.07 Å². The van der Waals surface area contributed by atoms with Crippen LogP contribution in [0.3, 0.4) is 0 Å². The number of rotatable bonds is 5. The second kappa shape index (κ2) is 7.00. The number of hydrogen-bond acceptors (Lipinski definition) is 3. The minimum Gasteiger partial charge on any atom is -0.369 e. The van der Waals surface area contributed by atoms with Crippen molar-refractivity contribution in [3.8, 4) is 0 Å². The summed E-state index contributed by atoms with van der Waals surface area (Å²) >= 11 is 5.82. The van der Waals surface area contributed by atoms with E-state index >= 15 is 0 Å². The van der Waals surface area contributed by atoms with Crippen molar-refractivity contribution in [3.05, 3.63) is 47.5 Å². The van der Waals surface area contributed by atoms with Gasteiger partial charge in [-0.1, -0.05) is 11.6 Å². The number of aryl methyl sites for hydroxylation is 1. The summed E-state index contributed by atoms with van der Waals surface area (Å²) in [5.74, 6) is -0.400. The Morgan fingerprint density at radius 3 is 3.09 bits per heavy atom. The third-order valence-electron chi connectivity index (χ3n) is 3.95. The molecule has 2 heterocycles. The predicted molar refractivity (Wildman–Crippen MR) is 87.0 cm³/mol. The van der Waals surface area contributed by atoms with Gasteiger partial charge in [0.1, 0.15) is 5.82 Å². The Balaban J connectivity index is 1.49. The molecule has 2 aromatic rings. The van der Waals surface area contributed by atoms with Crippen LogP contribution in [0, 0.1) is 5.82 Å². The normalized spacial score (nSPS) is 17.5. The van der Waals surface area contributed by atoms with Crippen molar-refractivity contribution in [1.82, 2.24) is 15.1 Å². The fourth-order valence-corrected chi connectivity index (χ4v) is 2.92. The van der Waals surface area contributed by atoms with E-state index in [-0.39, 0.29) is 17.0 Å². The quantitative estimate of drug-likeness (QED) is 0.912. The highest BCUT2D eigenvalue weighted by molar-refractivity contribution is 6.31. The van der Waals surface area contributed by atoms with Gasteiger partial charge >= 0.3 is 0 Å². The van der Waals surface area contributed by atoms with E-state index in [0.29, 0.717) is 19.5 Å². The first-order chi connectivity index (χ1) is 11.1. The summed E-state index contributed by atoms with van der Waals surface area (Å²) in [7, 11) is 0. The highest BCUT2D eigenvalue weighted by Gasteiger charge is 2.24. The van der Waals surface area contributed by atoms with Gasteiger partial charge in [0.05, 0.1) is 5.02 Å². The van der Waals surface area contributed by atoms with Crippen LogP contribution >= 0.6 is 11.6 Å². The fraction of sp³-hybridized carbons (Fsp3) is 0.375. The number of nitrogens with one attached hydrogen (secondary N) is 1. The largest absolute Gasteiger partial charge is 0.369 e. The second-order valence-corrected chi connectivity index (χ2v) is 6.02. The second-order valence-electron chi connectivity index (χ2n) is 5.62. The summed E-state index contributed by atoms with van der Waals surface area (Å²) in [4.78, 5) is 14.1. The van der Waals surface area contributed by atoms with E-state index in [1.807, 2.05) is 12.3 Å². The highest BCUT2D eigenvalue weighted by Crippen LogP contribution is 2.25. The lowest BCUT2D eigenvalue weighted by molar-refractivity contribution is -0.121. The van der Waals surface area contributed by atoms with Gasteiger partial charge in [-0.3, -0.25) is 9.48 Å². The molecule has 0 bridgehead atoms. The van der Waals surface area contributed by atoms with Gasteiger partial charge in [0.25, 0.3) is 0 Å². The maximum atomic E-state index is 13.2. The maximum Gasteiger partial charge on any atom is 0.222 e. The van der Waals surface area contributed by atoms with Crippen molar-refractivity contribution >= 4 is 23.2 Å². The van der Waals surface area contributed by atoms with E-state index in [1.54, 1.807) is 23.0 Å². The van der Waals surface area contributed by atoms with Crippen molar-refractivity contribution in [3.63, 3.8) is 0 Å². The van der Waals surface area contributed by atoms with E-state index in [9.17, 15) is 9.18 Å². The zero-order valence-corrected chi connectivity index (χ0v) is 13.3. The molecule has 0 aliphatic carbocycles. The lowest BCUT2D eigenvalue weighted by Crippen LogP contribution is -2.37. The number of aromatic nitrogens is 2. The lowest BCUT2D eigenvalue weighted by Gasteiger charge is -2.19. The van der Waals surface area contributed by atoms with Crippen molar-refractivity contribution in [2.75, 3.05) is 18.0 Å². The van der Waals surface area contributed by atoms with Crippen LogP contribution in [0.25, 0.3) is 0 Å². The van der Waals surface area contributed by atoms with Gasteiger partial charge in [0.2, 0.25) is 5.91 Å². The van der Waals surface area contributed by atoms with Crippen LogP contribution in [0.15, 0.2) is 36.7 Å². The van der Waals surface area contributed by atoms with Crippen LogP contribution in [-0.4, -0.2) is 34.8 Å². The summed E-state index contributed by atoms with van der Waals surface area (Å²) in [6, 6.07) is 6.64. The zero-order valence-electron chi connectivity index (χ0n) is 12.6. The number of carbonyl (C=O) groups is 1. The first kappa shape index (κ1) is 15.8. The van der Waals surface area contributed by atoms with Gasteiger partial charge in [0, 0.05) is 50.2 Å². The molecule has 5 nitrogen and oxygen atoms in total. The summed E-state index contributed by atoms with van der Waals surface area (Å²) in [6.07, 6.45) is 4.80. The molecule has 1 fully saturated rings. The van der Waals surface area contributed by atoms with Crippen LogP contribution in [0.2, 0.25) is 5.02 Å². The molecule has 1 atom stereocenters. The topological polar surface area (TPSA) is 50.2 Å². The molecule has 122 valence electrons. The number of nitrogens with zero attached hydrogens (tertiary/aromatic N) is 3. The SMILES string of the molecule is O=C(CCn1cccn1)NC1CCN(c2ccc(F)c(Cl)c2)C1. The van der Waals surface area contributed by atoms with Crippen molar-refractivity contribution < 1.29 is 9.18 Å². The molecule has 1 aliphatic rings. The molecule has 1 aromatic carbocycles. The molecule has 0 spiro atoms. The standard InChI is InChI=1S/C16H18ClFN4O/c17-14-10-13(2-3-15(14)18)21-8-4-12(11-21)20-16(23)5-9-22-7-1-6-19-22/h1-3,6-7,10,12H,4-5,8-9,11H2,(H,20,23). The summed E-state index contributed by atoms with van der Waals surface area (Å²) in [6.45, 7) is 2.09. The Morgan fingerprint density at radius 1 is 1.48 bits per heavy atom. The monoisotopic (exact) mass is 336 g/mol. The number of benzene rings is 1. The Morgan fingerprint density at radius 2 is 2.35 bits per heavy atom. The fourth-order valence-electron chi connectivity index (χ4n) is 2.74. The number of carbonyl (C=O) groups excluding carboxylic acids is 1. The van der Waals surface area contributed by atoms with Crippen LogP contribution in [-0.2, 0) is 11.3 Å². The van der Waals surface area contributed by atoms with Crippen LogP contribution < -0.4 is 10.2 Å². The van der Waals surface area contributed by atoms with Gasteiger partial charge in [-0.2, -0.15) is 5.10 Å². The number of halogens is 2. The van der Waals surface area contributed by atoms with Gasteiger partial charge in [-0.15, -0.1) is 0 Å². The first-order valence-electron chi connectivity index (χ1n) is 7.58. The van der Waals surface area contributed by atoms with Crippen molar-refractivity contribution in [2.24, 2.45) is 0 Å². The smallest absolute Gasteiger partial charge is 0.222 e. The van der Waals surface area contributed by atoms with E-state index in [2.05, 4.69) is 15.3 Å². The summed E-state index contributed by atoms with van der Waals surface area (Å²) in [5.41, 5.74) is 0.879. The molecule has 1 aromatic heterocycles. The average Bonchev–Trinajstić information content (AvgIpc) is 3.19. The Hall–Kier alpha value is -2.08. The third-order valence-corrected chi connectivity index (χ3v) is 4.24. The zero-order chi connectivity index (χ0) is 16.2. The molecule has 7 heteroatoms. The minimum absolute atomic E-state index is 0.0180. The van der Waals surface area contributed by atoms with Crippen LogP contribution in [0.5, 0.6) is 0 Å². The molecule has 0 radical (unpaired) electrons. The molecule has 23 heavy (non-hydrogen) atoms. The molecule has 1 N–H and O–H groups in total. The summed E-state index contributed by atoms with van der Waals surface area (Å²) < 4.78 is 15.0. The number of hydrogen-bond donors (Lipinski definition) is 1. The third kappa shape index (κ3) is 4.01. The molecular formula is C16H18ClFN4O. The van der Waals surface area contributed by atoms with Crippen molar-refractivity contribution in [2.45, 2.75) is 25.4 Å². The first-order valence-corrected chi connectivity index (χ1v) is 7.96. The molecular weight excluding hydrogens is 319 g/mol. The Bertz CT molecular complexity index is 677. The maximum absolute atomic E-state index is 13.2. The molecule has 1 saturated heterocycles. The van der Waals surface area contributed by atoms with Crippen LogP contribution in [0.1, 0.15) is 12.8 Å². The Labute approximate surface area is 139 Å². The molecule has 1 amide bonds. The van der Waals surface area contributed by atoms with E-state index < -0.39 is 5.82 Å². The molecule has 1 unspecified atom stereocenters.